The number of rotatable bonds is 2. The molecule has 0 radical (unpaired) electrons. The molecule has 3 rings (SSSR count). The molecule has 0 saturated carbocycles. The van der Waals surface area contributed by atoms with Gasteiger partial charge in [-0.15, -0.1) is 0 Å². The average Bonchev–Trinajstić information content (AvgIpc) is 2.97. The van der Waals surface area contributed by atoms with Gasteiger partial charge in [0.15, 0.2) is 0 Å². The third kappa shape index (κ3) is 1.48. The summed E-state index contributed by atoms with van der Waals surface area (Å²) in [5, 5.41) is 13.5. The second-order valence-electron chi connectivity index (χ2n) is 3.63. The lowest BCUT2D eigenvalue weighted by Crippen LogP contribution is -1.91. The molecule has 0 spiro atoms. The number of nitrogens with one attached hydrogen (secondary N) is 1. The minimum atomic E-state index is -1.12. The first-order valence-electron chi connectivity index (χ1n) is 5.02. The number of fused-ring (bicyclic) bond motifs is 1. The molecule has 5 heteroatoms. The highest BCUT2D eigenvalue weighted by Crippen LogP contribution is 2.27. The largest absolute Gasteiger partial charge is 0.475 e. The fourth-order valence-electron chi connectivity index (χ4n) is 1.81. The zero-order valence-electron chi connectivity index (χ0n) is 8.68. The molecule has 0 unspecified atom stereocenters. The standard InChI is InChI=1S/C12H8N2O3/c15-12(16)11-6-10(14-17-11)7-2-1-3-9-8(7)4-5-13-9/h1-6,13H,(H,15,16). The lowest BCUT2D eigenvalue weighted by molar-refractivity contribution is 0.0652. The molecule has 2 aromatic heterocycles. The summed E-state index contributed by atoms with van der Waals surface area (Å²) in [5.41, 5.74) is 2.34. The van der Waals surface area contributed by atoms with Crippen molar-refractivity contribution in [1.29, 1.82) is 0 Å². The van der Waals surface area contributed by atoms with Crippen molar-refractivity contribution in [3.05, 3.63) is 42.3 Å². The fourth-order valence-corrected chi connectivity index (χ4v) is 1.81. The molecule has 0 saturated heterocycles. The van der Waals surface area contributed by atoms with Crippen LogP contribution in [0.1, 0.15) is 10.6 Å². The van der Waals surface area contributed by atoms with E-state index in [0.717, 1.165) is 16.5 Å². The molecule has 0 aliphatic carbocycles. The van der Waals surface area contributed by atoms with Gasteiger partial charge in [-0.1, -0.05) is 17.3 Å². The lowest BCUT2D eigenvalue weighted by atomic mass is 10.1. The van der Waals surface area contributed by atoms with Crippen LogP contribution in [0.15, 0.2) is 41.1 Å². The lowest BCUT2D eigenvalue weighted by Gasteiger charge is -1.97. The molecule has 3 aromatic rings. The highest BCUT2D eigenvalue weighted by atomic mass is 16.5. The third-order valence-corrected chi connectivity index (χ3v) is 2.59. The summed E-state index contributed by atoms with van der Waals surface area (Å²) < 4.78 is 4.75. The smallest absolute Gasteiger partial charge is 0.374 e. The van der Waals surface area contributed by atoms with Crippen molar-refractivity contribution in [3.8, 4) is 11.3 Å². The van der Waals surface area contributed by atoms with Crippen molar-refractivity contribution < 1.29 is 14.4 Å². The number of nitrogens with zero attached hydrogens (tertiary/aromatic N) is 1. The van der Waals surface area contributed by atoms with E-state index >= 15 is 0 Å². The second-order valence-corrected chi connectivity index (χ2v) is 3.63. The molecule has 5 nitrogen and oxygen atoms in total. The number of aromatic nitrogens is 2. The van der Waals surface area contributed by atoms with Crippen LogP contribution in [0.3, 0.4) is 0 Å². The number of carboxylic acids is 1. The highest BCUT2D eigenvalue weighted by Gasteiger charge is 2.14. The first kappa shape index (κ1) is 9.65. The molecule has 0 atom stereocenters. The summed E-state index contributed by atoms with van der Waals surface area (Å²) in [6.45, 7) is 0. The minimum Gasteiger partial charge on any atom is -0.475 e. The van der Waals surface area contributed by atoms with E-state index in [1.165, 1.54) is 6.07 Å². The van der Waals surface area contributed by atoms with Crippen molar-refractivity contribution in [3.63, 3.8) is 0 Å². The number of benzene rings is 1. The maximum atomic E-state index is 10.7. The van der Waals surface area contributed by atoms with Crippen LogP contribution in [-0.4, -0.2) is 21.2 Å². The SMILES string of the molecule is O=C(O)c1cc(-c2cccc3[nH]ccc23)no1. The first-order valence-corrected chi connectivity index (χ1v) is 5.02. The van der Waals surface area contributed by atoms with E-state index in [-0.39, 0.29) is 5.76 Å². The van der Waals surface area contributed by atoms with Crippen LogP contribution < -0.4 is 0 Å². The first-order chi connectivity index (χ1) is 8.25. The Morgan fingerprint density at radius 1 is 1.35 bits per heavy atom. The predicted molar refractivity (Wildman–Crippen MR) is 60.8 cm³/mol. The van der Waals surface area contributed by atoms with Crippen molar-refractivity contribution >= 4 is 16.9 Å². The Hall–Kier alpha value is -2.56. The van der Waals surface area contributed by atoms with Crippen LogP contribution in [0.4, 0.5) is 0 Å². The molecular formula is C12H8N2O3. The summed E-state index contributed by atoms with van der Waals surface area (Å²) in [4.78, 5) is 13.8. The van der Waals surface area contributed by atoms with E-state index in [4.69, 9.17) is 9.63 Å². The molecule has 84 valence electrons. The normalized spacial score (nSPS) is 10.8. The Bertz CT molecular complexity index is 696. The van der Waals surface area contributed by atoms with Crippen LogP contribution >= 0.6 is 0 Å². The van der Waals surface area contributed by atoms with Gasteiger partial charge in [-0.3, -0.25) is 0 Å². The maximum absolute atomic E-state index is 10.7. The predicted octanol–water partition coefficient (Wildman–Crippen LogP) is 2.52. The van der Waals surface area contributed by atoms with Gasteiger partial charge in [0.2, 0.25) is 5.76 Å². The number of carboxylic acid groups (broad SMARTS) is 1. The summed E-state index contributed by atoms with van der Waals surface area (Å²) in [5.74, 6) is -1.28. The van der Waals surface area contributed by atoms with Gasteiger partial charge in [0.1, 0.15) is 5.69 Å². The van der Waals surface area contributed by atoms with E-state index in [1.54, 1.807) is 0 Å². The van der Waals surface area contributed by atoms with Gasteiger partial charge in [0, 0.05) is 28.7 Å². The van der Waals surface area contributed by atoms with Crippen LogP contribution in [0.25, 0.3) is 22.2 Å². The molecule has 0 aliphatic heterocycles. The molecule has 2 N–H and O–H groups in total. The number of aromatic amines is 1. The van der Waals surface area contributed by atoms with E-state index < -0.39 is 5.97 Å². The molecule has 0 aliphatic rings. The van der Waals surface area contributed by atoms with Gasteiger partial charge in [-0.05, 0) is 12.1 Å². The number of hydrogen-bond donors (Lipinski definition) is 2. The van der Waals surface area contributed by atoms with Crippen molar-refractivity contribution in [1.82, 2.24) is 10.1 Å². The number of carbonyl (C=O) groups is 1. The Morgan fingerprint density at radius 3 is 3.00 bits per heavy atom. The molecule has 0 bridgehead atoms. The van der Waals surface area contributed by atoms with E-state index in [1.807, 2.05) is 30.5 Å². The zero-order chi connectivity index (χ0) is 11.8. The number of aromatic carboxylic acids is 1. The van der Waals surface area contributed by atoms with Gasteiger partial charge in [-0.2, -0.15) is 0 Å². The van der Waals surface area contributed by atoms with Crippen LogP contribution in [0, 0.1) is 0 Å². The Morgan fingerprint density at radius 2 is 2.24 bits per heavy atom. The summed E-state index contributed by atoms with van der Waals surface area (Å²) in [7, 11) is 0. The number of hydrogen-bond acceptors (Lipinski definition) is 3. The molecule has 2 heterocycles. The molecule has 17 heavy (non-hydrogen) atoms. The van der Waals surface area contributed by atoms with Crippen molar-refractivity contribution in [2.75, 3.05) is 0 Å². The van der Waals surface area contributed by atoms with Gasteiger partial charge >= 0.3 is 5.97 Å². The average molecular weight is 228 g/mol. The molecule has 1 aromatic carbocycles. The Kier molecular flexibility index (Phi) is 1.98. The summed E-state index contributed by atoms with van der Waals surface area (Å²) >= 11 is 0. The monoisotopic (exact) mass is 228 g/mol. The minimum absolute atomic E-state index is 0.160. The van der Waals surface area contributed by atoms with Crippen LogP contribution in [0.5, 0.6) is 0 Å². The highest BCUT2D eigenvalue weighted by molar-refractivity contribution is 5.95. The Balaban J connectivity index is 2.19. The van der Waals surface area contributed by atoms with Crippen molar-refractivity contribution in [2.24, 2.45) is 0 Å². The second kappa shape index (κ2) is 3.48. The van der Waals surface area contributed by atoms with Gasteiger partial charge in [0.25, 0.3) is 0 Å². The molecule has 0 fully saturated rings. The van der Waals surface area contributed by atoms with Gasteiger partial charge in [0.05, 0.1) is 0 Å². The quantitative estimate of drug-likeness (QED) is 0.706. The summed E-state index contributed by atoms with van der Waals surface area (Å²) in [6.07, 6.45) is 1.83. The summed E-state index contributed by atoms with van der Waals surface area (Å²) in [6, 6.07) is 9.03. The zero-order valence-corrected chi connectivity index (χ0v) is 8.68. The van der Waals surface area contributed by atoms with E-state index in [2.05, 4.69) is 10.1 Å². The Labute approximate surface area is 95.7 Å². The molecule has 0 amide bonds. The molecular weight excluding hydrogens is 220 g/mol. The topological polar surface area (TPSA) is 79.1 Å². The van der Waals surface area contributed by atoms with E-state index in [0.29, 0.717) is 5.69 Å². The van der Waals surface area contributed by atoms with E-state index in [9.17, 15) is 4.79 Å². The fraction of sp³-hybridized carbons (Fsp3) is 0. The maximum Gasteiger partial charge on any atom is 0.374 e. The van der Waals surface area contributed by atoms with Gasteiger partial charge < -0.3 is 14.6 Å². The third-order valence-electron chi connectivity index (χ3n) is 2.59. The van der Waals surface area contributed by atoms with Crippen LogP contribution in [0.2, 0.25) is 0 Å². The van der Waals surface area contributed by atoms with Crippen molar-refractivity contribution in [2.45, 2.75) is 0 Å². The van der Waals surface area contributed by atoms with Crippen LogP contribution in [-0.2, 0) is 0 Å². The number of H-pyrrole nitrogens is 1. The van der Waals surface area contributed by atoms with Gasteiger partial charge in [-0.25, -0.2) is 4.79 Å².